The van der Waals surface area contributed by atoms with E-state index in [0.29, 0.717) is 12.6 Å². The van der Waals surface area contributed by atoms with Crippen molar-refractivity contribution in [1.29, 1.82) is 0 Å². The summed E-state index contributed by atoms with van der Waals surface area (Å²) < 4.78 is 0. The number of aliphatic hydroxyl groups is 1. The van der Waals surface area contributed by atoms with Crippen molar-refractivity contribution < 1.29 is 5.11 Å². The Labute approximate surface area is 143 Å². The Morgan fingerprint density at radius 2 is 2.17 bits per heavy atom. The van der Waals surface area contributed by atoms with Crippen LogP contribution in [0.15, 0.2) is 24.3 Å². The van der Waals surface area contributed by atoms with Gasteiger partial charge >= 0.3 is 0 Å². The van der Waals surface area contributed by atoms with Crippen molar-refractivity contribution in [3.8, 4) is 0 Å². The number of nitrogens with zero attached hydrogens (tertiary/aromatic N) is 3. The van der Waals surface area contributed by atoms with E-state index in [0.717, 1.165) is 62.4 Å². The topological polar surface area (TPSA) is 55.4 Å². The summed E-state index contributed by atoms with van der Waals surface area (Å²) >= 11 is 0. The molecule has 2 atom stereocenters. The molecule has 0 aliphatic carbocycles. The molecule has 0 unspecified atom stereocenters. The molecule has 2 aliphatic heterocycles. The van der Waals surface area contributed by atoms with Crippen molar-refractivity contribution in [2.75, 3.05) is 32.8 Å². The lowest BCUT2D eigenvalue weighted by atomic mass is 9.69. The molecule has 2 saturated heterocycles. The van der Waals surface area contributed by atoms with E-state index in [1.54, 1.807) is 0 Å². The standard InChI is InChI=1S/C19H28N4O/c1-2-22-11-9-19(14-24)8-5-10-23(17(19)12-22)13-18-20-15-6-3-4-7-16(15)21-18/h3-4,6-7,17,24H,2,5,8-14H2,1H3,(H,20,21)/t17-,19-/m1/s1. The minimum Gasteiger partial charge on any atom is -0.396 e. The molecule has 0 amide bonds. The predicted octanol–water partition coefficient (Wildman–Crippen LogP) is 2.23. The van der Waals surface area contributed by atoms with Crippen LogP contribution in [-0.4, -0.2) is 63.7 Å². The summed E-state index contributed by atoms with van der Waals surface area (Å²) in [5, 5.41) is 10.2. The minimum absolute atomic E-state index is 0.0793. The molecule has 4 rings (SSSR count). The highest BCUT2D eigenvalue weighted by molar-refractivity contribution is 5.74. The molecule has 2 N–H and O–H groups in total. The Morgan fingerprint density at radius 1 is 1.29 bits per heavy atom. The van der Waals surface area contributed by atoms with Gasteiger partial charge in [0.25, 0.3) is 0 Å². The molecule has 3 heterocycles. The maximum atomic E-state index is 10.2. The second-order valence-electron chi connectivity index (χ2n) is 7.45. The fraction of sp³-hybridized carbons (Fsp3) is 0.632. The molecule has 130 valence electrons. The highest BCUT2D eigenvalue weighted by Crippen LogP contribution is 2.42. The Morgan fingerprint density at radius 3 is 2.96 bits per heavy atom. The summed E-state index contributed by atoms with van der Waals surface area (Å²) in [6.45, 7) is 7.77. The number of likely N-dealkylation sites (tertiary alicyclic amines) is 2. The van der Waals surface area contributed by atoms with Gasteiger partial charge in [0.1, 0.15) is 5.82 Å². The number of aromatic amines is 1. The zero-order valence-electron chi connectivity index (χ0n) is 14.5. The second-order valence-corrected chi connectivity index (χ2v) is 7.45. The number of para-hydroxylation sites is 2. The van der Waals surface area contributed by atoms with Crippen LogP contribution in [0.5, 0.6) is 0 Å². The average molecular weight is 328 g/mol. The van der Waals surface area contributed by atoms with E-state index in [1.165, 1.54) is 6.42 Å². The number of nitrogens with one attached hydrogen (secondary N) is 1. The summed E-state index contributed by atoms with van der Waals surface area (Å²) in [6, 6.07) is 8.65. The first-order chi connectivity index (χ1) is 11.7. The quantitative estimate of drug-likeness (QED) is 0.904. The van der Waals surface area contributed by atoms with Crippen molar-refractivity contribution in [2.45, 2.75) is 38.8 Å². The van der Waals surface area contributed by atoms with Crippen molar-refractivity contribution in [3.05, 3.63) is 30.1 Å². The summed E-state index contributed by atoms with van der Waals surface area (Å²) in [6.07, 6.45) is 3.43. The van der Waals surface area contributed by atoms with Gasteiger partial charge in [0.15, 0.2) is 0 Å². The fourth-order valence-corrected chi connectivity index (χ4v) is 4.67. The van der Waals surface area contributed by atoms with E-state index >= 15 is 0 Å². The molecule has 5 heteroatoms. The summed E-state index contributed by atoms with van der Waals surface area (Å²) in [4.78, 5) is 13.3. The average Bonchev–Trinajstić information content (AvgIpc) is 3.04. The lowest BCUT2D eigenvalue weighted by Crippen LogP contribution is -2.62. The number of aliphatic hydroxyl groups excluding tert-OH is 1. The number of H-pyrrole nitrogens is 1. The normalized spacial score (nSPS) is 29.0. The van der Waals surface area contributed by atoms with E-state index in [-0.39, 0.29) is 5.41 Å². The van der Waals surface area contributed by atoms with E-state index in [9.17, 15) is 5.11 Å². The maximum Gasteiger partial charge on any atom is 0.121 e. The summed E-state index contributed by atoms with van der Waals surface area (Å²) in [5.41, 5.74) is 2.23. The first-order valence-corrected chi connectivity index (χ1v) is 9.25. The molecule has 0 radical (unpaired) electrons. The van der Waals surface area contributed by atoms with Gasteiger partial charge < -0.3 is 15.0 Å². The number of hydrogen-bond donors (Lipinski definition) is 2. The van der Waals surface area contributed by atoms with Gasteiger partial charge in [-0.2, -0.15) is 0 Å². The molecule has 0 spiro atoms. The fourth-order valence-electron chi connectivity index (χ4n) is 4.67. The predicted molar refractivity (Wildman–Crippen MR) is 95.8 cm³/mol. The number of imidazole rings is 1. The van der Waals surface area contributed by atoms with Crippen LogP contribution < -0.4 is 0 Å². The Balaban J connectivity index is 1.58. The Kier molecular flexibility index (Phi) is 4.33. The number of likely N-dealkylation sites (N-methyl/N-ethyl adjacent to an activating group) is 1. The van der Waals surface area contributed by atoms with Crippen molar-refractivity contribution in [3.63, 3.8) is 0 Å². The number of benzene rings is 1. The third kappa shape index (κ3) is 2.75. The second kappa shape index (κ2) is 6.47. The molecule has 2 aromatic rings. The van der Waals surface area contributed by atoms with Crippen LogP contribution in [0.3, 0.4) is 0 Å². The summed E-state index contributed by atoms with van der Waals surface area (Å²) in [7, 11) is 0. The largest absolute Gasteiger partial charge is 0.396 e. The monoisotopic (exact) mass is 328 g/mol. The van der Waals surface area contributed by atoms with Gasteiger partial charge in [-0.25, -0.2) is 4.98 Å². The van der Waals surface area contributed by atoms with Gasteiger partial charge in [0.2, 0.25) is 0 Å². The third-order valence-electron chi connectivity index (χ3n) is 6.18. The van der Waals surface area contributed by atoms with Crippen molar-refractivity contribution in [2.24, 2.45) is 5.41 Å². The zero-order valence-corrected chi connectivity index (χ0v) is 14.5. The molecule has 24 heavy (non-hydrogen) atoms. The molecule has 5 nitrogen and oxygen atoms in total. The van der Waals surface area contributed by atoms with Gasteiger partial charge in [0.05, 0.1) is 24.2 Å². The minimum atomic E-state index is 0.0793. The van der Waals surface area contributed by atoms with Crippen LogP contribution in [0.25, 0.3) is 11.0 Å². The number of fused-ring (bicyclic) bond motifs is 2. The lowest BCUT2D eigenvalue weighted by molar-refractivity contribution is -0.0788. The highest BCUT2D eigenvalue weighted by atomic mass is 16.3. The Bertz CT molecular complexity index is 666. The molecule has 2 fully saturated rings. The number of aromatic nitrogens is 2. The number of hydrogen-bond acceptors (Lipinski definition) is 4. The van der Waals surface area contributed by atoms with E-state index in [2.05, 4.69) is 33.8 Å². The van der Waals surface area contributed by atoms with Crippen LogP contribution in [-0.2, 0) is 6.54 Å². The van der Waals surface area contributed by atoms with Crippen molar-refractivity contribution in [1.82, 2.24) is 19.8 Å². The highest BCUT2D eigenvalue weighted by Gasteiger charge is 2.47. The molecule has 0 saturated carbocycles. The van der Waals surface area contributed by atoms with Gasteiger partial charge in [-0.1, -0.05) is 19.1 Å². The van der Waals surface area contributed by atoms with Gasteiger partial charge in [-0.3, -0.25) is 4.90 Å². The molecular weight excluding hydrogens is 300 g/mol. The first kappa shape index (κ1) is 16.1. The van der Waals surface area contributed by atoms with Crippen LogP contribution in [0.1, 0.15) is 32.0 Å². The first-order valence-electron chi connectivity index (χ1n) is 9.25. The molecular formula is C19H28N4O. The number of piperidine rings is 2. The van der Waals surface area contributed by atoms with E-state index < -0.39 is 0 Å². The van der Waals surface area contributed by atoms with Crippen molar-refractivity contribution >= 4 is 11.0 Å². The smallest absolute Gasteiger partial charge is 0.121 e. The van der Waals surface area contributed by atoms with Gasteiger partial charge in [0, 0.05) is 18.0 Å². The molecule has 0 bridgehead atoms. The molecule has 1 aromatic carbocycles. The van der Waals surface area contributed by atoms with Gasteiger partial charge in [-0.15, -0.1) is 0 Å². The zero-order chi connectivity index (χ0) is 16.6. The Hall–Kier alpha value is -1.43. The van der Waals surface area contributed by atoms with Crippen LogP contribution >= 0.6 is 0 Å². The van der Waals surface area contributed by atoms with E-state index in [4.69, 9.17) is 4.98 Å². The SMILES string of the molecule is CCN1CC[C@@]2(CO)CCCN(Cc3nc4ccccc4[nH]3)[C@@H]2C1. The maximum absolute atomic E-state index is 10.2. The number of rotatable bonds is 4. The van der Waals surface area contributed by atoms with Gasteiger partial charge in [-0.05, 0) is 51.0 Å². The molecule has 2 aliphatic rings. The third-order valence-corrected chi connectivity index (χ3v) is 6.18. The van der Waals surface area contributed by atoms with Crippen LogP contribution in [0, 0.1) is 5.41 Å². The van der Waals surface area contributed by atoms with Crippen LogP contribution in [0.2, 0.25) is 0 Å². The van der Waals surface area contributed by atoms with Crippen LogP contribution in [0.4, 0.5) is 0 Å². The lowest BCUT2D eigenvalue weighted by Gasteiger charge is -2.54. The molecule has 1 aromatic heterocycles. The van der Waals surface area contributed by atoms with E-state index in [1.807, 2.05) is 12.1 Å². The summed E-state index contributed by atoms with van der Waals surface area (Å²) in [5.74, 6) is 1.04.